The SMILES string of the molecule is COc1ccc2ccccc2c1C(C)CCN. The molecule has 2 rings (SSSR count). The van der Waals surface area contributed by atoms with Crippen LogP contribution in [0.4, 0.5) is 0 Å². The van der Waals surface area contributed by atoms with Gasteiger partial charge in [0.1, 0.15) is 5.75 Å². The Morgan fingerprint density at radius 1 is 1.18 bits per heavy atom. The van der Waals surface area contributed by atoms with Crippen LogP contribution >= 0.6 is 0 Å². The van der Waals surface area contributed by atoms with E-state index in [1.54, 1.807) is 7.11 Å². The Bertz CT molecular complexity index is 507. The lowest BCUT2D eigenvalue weighted by molar-refractivity contribution is 0.406. The molecule has 90 valence electrons. The van der Waals surface area contributed by atoms with E-state index in [0.717, 1.165) is 12.2 Å². The van der Waals surface area contributed by atoms with Gasteiger partial charge in [0.15, 0.2) is 0 Å². The van der Waals surface area contributed by atoms with Gasteiger partial charge in [0.25, 0.3) is 0 Å². The lowest BCUT2D eigenvalue weighted by Crippen LogP contribution is -2.06. The van der Waals surface area contributed by atoms with Gasteiger partial charge < -0.3 is 10.5 Å². The fourth-order valence-electron chi connectivity index (χ4n) is 2.36. The molecule has 0 amide bonds. The van der Waals surface area contributed by atoms with Gasteiger partial charge in [-0.3, -0.25) is 0 Å². The molecular formula is C15H19NO. The van der Waals surface area contributed by atoms with Crippen molar-refractivity contribution in [3.05, 3.63) is 42.0 Å². The first-order chi connectivity index (χ1) is 8.27. The van der Waals surface area contributed by atoms with E-state index in [1.807, 2.05) is 6.07 Å². The maximum atomic E-state index is 5.66. The van der Waals surface area contributed by atoms with E-state index in [4.69, 9.17) is 10.5 Å². The molecule has 2 nitrogen and oxygen atoms in total. The number of nitrogens with two attached hydrogens (primary N) is 1. The second-order valence-corrected chi connectivity index (χ2v) is 4.38. The zero-order chi connectivity index (χ0) is 12.3. The average Bonchev–Trinajstić information content (AvgIpc) is 2.37. The van der Waals surface area contributed by atoms with Gasteiger partial charge in [0.2, 0.25) is 0 Å². The van der Waals surface area contributed by atoms with Gasteiger partial charge >= 0.3 is 0 Å². The smallest absolute Gasteiger partial charge is 0.122 e. The van der Waals surface area contributed by atoms with Crippen LogP contribution in [-0.2, 0) is 0 Å². The van der Waals surface area contributed by atoms with Gasteiger partial charge in [-0.05, 0) is 35.7 Å². The quantitative estimate of drug-likeness (QED) is 0.873. The van der Waals surface area contributed by atoms with Gasteiger partial charge in [-0.1, -0.05) is 37.3 Å². The van der Waals surface area contributed by atoms with Crippen molar-refractivity contribution in [3.8, 4) is 5.75 Å². The lowest BCUT2D eigenvalue weighted by Gasteiger charge is -2.17. The summed E-state index contributed by atoms with van der Waals surface area (Å²) in [5.41, 5.74) is 6.94. The van der Waals surface area contributed by atoms with Crippen LogP contribution in [0.5, 0.6) is 5.75 Å². The molecule has 0 heterocycles. The number of ether oxygens (including phenoxy) is 1. The average molecular weight is 229 g/mol. The van der Waals surface area contributed by atoms with Crippen LogP contribution in [0.25, 0.3) is 10.8 Å². The van der Waals surface area contributed by atoms with Crippen LogP contribution in [0.2, 0.25) is 0 Å². The Morgan fingerprint density at radius 2 is 1.94 bits per heavy atom. The molecule has 17 heavy (non-hydrogen) atoms. The van der Waals surface area contributed by atoms with Crippen LogP contribution in [0.3, 0.4) is 0 Å². The predicted octanol–water partition coefficient (Wildman–Crippen LogP) is 3.30. The van der Waals surface area contributed by atoms with E-state index < -0.39 is 0 Å². The van der Waals surface area contributed by atoms with Crippen molar-refractivity contribution >= 4 is 10.8 Å². The van der Waals surface area contributed by atoms with Gasteiger partial charge in [0, 0.05) is 5.56 Å². The van der Waals surface area contributed by atoms with E-state index in [2.05, 4.69) is 37.3 Å². The van der Waals surface area contributed by atoms with Crippen LogP contribution in [0.15, 0.2) is 36.4 Å². The number of methoxy groups -OCH3 is 1. The number of fused-ring (bicyclic) bond motifs is 1. The van der Waals surface area contributed by atoms with Crippen molar-refractivity contribution in [1.29, 1.82) is 0 Å². The molecule has 0 aromatic heterocycles. The summed E-state index contributed by atoms with van der Waals surface area (Å²) < 4.78 is 5.48. The Kier molecular flexibility index (Phi) is 3.64. The summed E-state index contributed by atoms with van der Waals surface area (Å²) in [5.74, 6) is 1.38. The minimum atomic E-state index is 0.418. The van der Waals surface area contributed by atoms with E-state index in [-0.39, 0.29) is 0 Å². The molecule has 0 saturated carbocycles. The summed E-state index contributed by atoms with van der Waals surface area (Å²) in [4.78, 5) is 0. The minimum Gasteiger partial charge on any atom is -0.496 e. The molecule has 2 aromatic carbocycles. The summed E-state index contributed by atoms with van der Waals surface area (Å²) in [6.45, 7) is 2.91. The second kappa shape index (κ2) is 5.19. The van der Waals surface area contributed by atoms with E-state index in [1.165, 1.54) is 16.3 Å². The molecular weight excluding hydrogens is 210 g/mol. The van der Waals surface area contributed by atoms with Gasteiger partial charge in [-0.2, -0.15) is 0 Å². The van der Waals surface area contributed by atoms with Crippen molar-refractivity contribution in [2.75, 3.05) is 13.7 Å². The van der Waals surface area contributed by atoms with Gasteiger partial charge in [-0.25, -0.2) is 0 Å². The molecule has 1 unspecified atom stereocenters. The molecule has 0 aliphatic heterocycles. The maximum Gasteiger partial charge on any atom is 0.122 e. The van der Waals surface area contributed by atoms with Gasteiger partial charge in [0.05, 0.1) is 7.11 Å². The molecule has 0 saturated heterocycles. The third-order valence-corrected chi connectivity index (χ3v) is 3.24. The zero-order valence-electron chi connectivity index (χ0n) is 10.4. The molecule has 0 aliphatic carbocycles. The molecule has 2 heteroatoms. The highest BCUT2D eigenvalue weighted by Gasteiger charge is 2.14. The first kappa shape index (κ1) is 11.9. The third-order valence-electron chi connectivity index (χ3n) is 3.24. The van der Waals surface area contributed by atoms with Crippen LogP contribution in [0, 0.1) is 0 Å². The van der Waals surface area contributed by atoms with Crippen molar-refractivity contribution < 1.29 is 4.74 Å². The molecule has 0 aliphatic rings. The summed E-state index contributed by atoms with van der Waals surface area (Å²) >= 11 is 0. The highest BCUT2D eigenvalue weighted by Crippen LogP contribution is 2.35. The maximum absolute atomic E-state index is 5.66. The number of hydrogen-bond donors (Lipinski definition) is 1. The van der Waals surface area contributed by atoms with Crippen LogP contribution < -0.4 is 10.5 Å². The highest BCUT2D eigenvalue weighted by molar-refractivity contribution is 5.88. The van der Waals surface area contributed by atoms with Crippen molar-refractivity contribution in [1.82, 2.24) is 0 Å². The van der Waals surface area contributed by atoms with Crippen LogP contribution in [-0.4, -0.2) is 13.7 Å². The third kappa shape index (κ3) is 2.27. The number of benzene rings is 2. The Labute approximate surface area is 102 Å². The summed E-state index contributed by atoms with van der Waals surface area (Å²) in [6, 6.07) is 12.6. The molecule has 0 bridgehead atoms. The Hall–Kier alpha value is -1.54. The number of hydrogen-bond acceptors (Lipinski definition) is 2. The van der Waals surface area contributed by atoms with Crippen molar-refractivity contribution in [3.63, 3.8) is 0 Å². The van der Waals surface area contributed by atoms with Crippen molar-refractivity contribution in [2.45, 2.75) is 19.3 Å². The first-order valence-electron chi connectivity index (χ1n) is 6.03. The van der Waals surface area contributed by atoms with E-state index >= 15 is 0 Å². The largest absolute Gasteiger partial charge is 0.496 e. The van der Waals surface area contributed by atoms with E-state index in [9.17, 15) is 0 Å². The Balaban J connectivity index is 2.62. The first-order valence-corrected chi connectivity index (χ1v) is 6.03. The minimum absolute atomic E-state index is 0.418. The molecule has 0 radical (unpaired) electrons. The molecule has 0 spiro atoms. The molecule has 2 aromatic rings. The van der Waals surface area contributed by atoms with Crippen LogP contribution in [0.1, 0.15) is 24.8 Å². The topological polar surface area (TPSA) is 35.2 Å². The summed E-state index contributed by atoms with van der Waals surface area (Å²) in [5, 5.41) is 2.53. The fourth-order valence-corrected chi connectivity index (χ4v) is 2.36. The molecule has 0 fully saturated rings. The lowest BCUT2D eigenvalue weighted by atomic mass is 9.91. The highest BCUT2D eigenvalue weighted by atomic mass is 16.5. The van der Waals surface area contributed by atoms with Gasteiger partial charge in [-0.15, -0.1) is 0 Å². The van der Waals surface area contributed by atoms with Crippen molar-refractivity contribution in [2.24, 2.45) is 5.73 Å². The molecule has 2 N–H and O–H groups in total. The normalized spacial score (nSPS) is 12.6. The zero-order valence-corrected chi connectivity index (χ0v) is 10.4. The summed E-state index contributed by atoms with van der Waals surface area (Å²) in [7, 11) is 1.72. The fraction of sp³-hybridized carbons (Fsp3) is 0.333. The monoisotopic (exact) mass is 229 g/mol. The second-order valence-electron chi connectivity index (χ2n) is 4.38. The predicted molar refractivity (Wildman–Crippen MR) is 72.6 cm³/mol. The Morgan fingerprint density at radius 3 is 2.65 bits per heavy atom. The summed E-state index contributed by atoms with van der Waals surface area (Å²) in [6.07, 6.45) is 0.977. The van der Waals surface area contributed by atoms with E-state index in [0.29, 0.717) is 12.5 Å². The standard InChI is InChI=1S/C15H19NO/c1-11(9-10-16)15-13-6-4-3-5-12(13)7-8-14(15)17-2/h3-8,11H,9-10,16H2,1-2H3. The number of rotatable bonds is 4. The molecule has 1 atom stereocenters.